The molecule has 1 aliphatic rings. The number of carbonyl (C=O) groups is 1. The van der Waals surface area contributed by atoms with Crippen molar-refractivity contribution in [3.05, 3.63) is 29.8 Å². The number of hydrogen-bond donors (Lipinski definition) is 2. The average molecular weight is 248 g/mol. The molecule has 1 aliphatic heterocycles. The summed E-state index contributed by atoms with van der Waals surface area (Å²) in [5.74, 6) is -0.0543. The van der Waals surface area contributed by atoms with E-state index in [1.165, 1.54) is 5.56 Å². The Bertz CT molecular complexity index is 408. The van der Waals surface area contributed by atoms with Crippen molar-refractivity contribution in [3.8, 4) is 0 Å². The Morgan fingerprint density at radius 3 is 2.67 bits per heavy atom. The molecule has 4 heteroatoms. The lowest BCUT2D eigenvalue weighted by Gasteiger charge is -2.21. The molecule has 1 unspecified atom stereocenters. The van der Waals surface area contributed by atoms with Crippen LogP contribution in [0.15, 0.2) is 24.3 Å². The summed E-state index contributed by atoms with van der Waals surface area (Å²) in [6.45, 7) is 3.35. The number of ether oxygens (including phenoxy) is 1. The third-order valence-corrected chi connectivity index (χ3v) is 3.29. The quantitative estimate of drug-likeness (QED) is 0.856. The molecular weight excluding hydrogens is 228 g/mol. The van der Waals surface area contributed by atoms with Crippen LogP contribution >= 0.6 is 0 Å². The lowest BCUT2D eigenvalue weighted by Crippen LogP contribution is -2.39. The van der Waals surface area contributed by atoms with Crippen molar-refractivity contribution >= 4 is 11.6 Å². The Labute approximate surface area is 108 Å². The molecule has 4 nitrogen and oxygen atoms in total. The van der Waals surface area contributed by atoms with Gasteiger partial charge in [-0.3, -0.25) is 4.79 Å². The SMILES string of the molecule is CNCc1ccc(NC(=O)C2(C)CCCO2)cc1. The molecule has 0 aliphatic carbocycles. The van der Waals surface area contributed by atoms with Crippen LogP contribution in [0.25, 0.3) is 0 Å². The molecule has 1 saturated heterocycles. The maximum Gasteiger partial charge on any atom is 0.256 e. The predicted molar refractivity (Wildman–Crippen MR) is 71.4 cm³/mol. The molecule has 0 radical (unpaired) electrons. The highest BCUT2D eigenvalue weighted by Crippen LogP contribution is 2.26. The number of anilines is 1. The standard InChI is InChI=1S/C14H20N2O2/c1-14(8-3-9-18-14)13(17)16-12-6-4-11(5-7-12)10-15-2/h4-7,15H,3,8-10H2,1-2H3,(H,16,17). The first-order valence-corrected chi connectivity index (χ1v) is 6.33. The Morgan fingerprint density at radius 2 is 2.11 bits per heavy atom. The molecule has 1 heterocycles. The van der Waals surface area contributed by atoms with Gasteiger partial charge in [0.05, 0.1) is 0 Å². The van der Waals surface area contributed by atoms with Crippen molar-refractivity contribution in [1.29, 1.82) is 0 Å². The van der Waals surface area contributed by atoms with Crippen LogP contribution in [-0.4, -0.2) is 25.2 Å². The number of rotatable bonds is 4. The fourth-order valence-electron chi connectivity index (χ4n) is 2.13. The van der Waals surface area contributed by atoms with Crippen LogP contribution in [0, 0.1) is 0 Å². The van der Waals surface area contributed by atoms with Crippen molar-refractivity contribution in [3.63, 3.8) is 0 Å². The molecule has 98 valence electrons. The second-order valence-corrected chi connectivity index (χ2v) is 4.86. The summed E-state index contributed by atoms with van der Waals surface area (Å²) < 4.78 is 5.51. The Hall–Kier alpha value is -1.39. The number of amides is 1. The topological polar surface area (TPSA) is 50.4 Å². The zero-order valence-corrected chi connectivity index (χ0v) is 11.0. The van der Waals surface area contributed by atoms with Crippen molar-refractivity contribution in [2.24, 2.45) is 0 Å². The third kappa shape index (κ3) is 2.89. The van der Waals surface area contributed by atoms with Gasteiger partial charge in [-0.05, 0) is 44.5 Å². The van der Waals surface area contributed by atoms with Crippen molar-refractivity contribution in [2.75, 3.05) is 19.0 Å². The van der Waals surface area contributed by atoms with Gasteiger partial charge in [-0.25, -0.2) is 0 Å². The summed E-state index contributed by atoms with van der Waals surface area (Å²) >= 11 is 0. The summed E-state index contributed by atoms with van der Waals surface area (Å²) in [6.07, 6.45) is 1.74. The van der Waals surface area contributed by atoms with Crippen molar-refractivity contribution in [1.82, 2.24) is 5.32 Å². The second-order valence-electron chi connectivity index (χ2n) is 4.86. The molecule has 1 atom stereocenters. The minimum absolute atomic E-state index is 0.0543. The maximum absolute atomic E-state index is 12.1. The Balaban J connectivity index is 1.98. The first-order chi connectivity index (χ1) is 8.64. The molecule has 0 saturated carbocycles. The minimum atomic E-state index is -0.663. The second kappa shape index (κ2) is 5.50. The van der Waals surface area contributed by atoms with Gasteiger partial charge in [-0.2, -0.15) is 0 Å². The fraction of sp³-hybridized carbons (Fsp3) is 0.500. The third-order valence-electron chi connectivity index (χ3n) is 3.29. The minimum Gasteiger partial charge on any atom is -0.365 e. The smallest absolute Gasteiger partial charge is 0.256 e. The first kappa shape index (κ1) is 13.1. The molecule has 2 rings (SSSR count). The lowest BCUT2D eigenvalue weighted by atomic mass is 10.0. The summed E-state index contributed by atoms with van der Waals surface area (Å²) in [5, 5.41) is 6.00. The largest absolute Gasteiger partial charge is 0.365 e. The van der Waals surface area contributed by atoms with Gasteiger partial charge in [0, 0.05) is 18.8 Å². The highest BCUT2D eigenvalue weighted by Gasteiger charge is 2.37. The zero-order chi connectivity index (χ0) is 13.0. The van der Waals surface area contributed by atoms with Gasteiger partial charge >= 0.3 is 0 Å². The number of nitrogens with one attached hydrogen (secondary N) is 2. The van der Waals surface area contributed by atoms with E-state index in [2.05, 4.69) is 10.6 Å². The molecule has 2 N–H and O–H groups in total. The molecule has 0 spiro atoms. The van der Waals surface area contributed by atoms with Crippen LogP contribution in [0.3, 0.4) is 0 Å². The van der Waals surface area contributed by atoms with E-state index in [1.807, 2.05) is 38.2 Å². The lowest BCUT2D eigenvalue weighted by molar-refractivity contribution is -0.133. The monoisotopic (exact) mass is 248 g/mol. The van der Waals surface area contributed by atoms with Gasteiger partial charge in [0.1, 0.15) is 5.60 Å². The van der Waals surface area contributed by atoms with Gasteiger partial charge in [-0.1, -0.05) is 12.1 Å². The molecular formula is C14H20N2O2. The Kier molecular flexibility index (Phi) is 3.99. The van der Waals surface area contributed by atoms with E-state index in [0.717, 1.165) is 25.1 Å². The van der Waals surface area contributed by atoms with Gasteiger partial charge < -0.3 is 15.4 Å². The molecule has 0 aromatic heterocycles. The van der Waals surface area contributed by atoms with Crippen molar-refractivity contribution in [2.45, 2.75) is 31.9 Å². The first-order valence-electron chi connectivity index (χ1n) is 6.33. The molecule has 1 fully saturated rings. The summed E-state index contributed by atoms with van der Waals surface area (Å²) in [7, 11) is 1.91. The summed E-state index contributed by atoms with van der Waals surface area (Å²) in [4.78, 5) is 12.1. The van der Waals surface area contributed by atoms with E-state index in [0.29, 0.717) is 6.61 Å². The van der Waals surface area contributed by atoms with E-state index in [1.54, 1.807) is 0 Å². The zero-order valence-electron chi connectivity index (χ0n) is 11.0. The average Bonchev–Trinajstić information content (AvgIpc) is 2.80. The maximum atomic E-state index is 12.1. The number of carbonyl (C=O) groups excluding carboxylic acids is 1. The normalized spacial score (nSPS) is 23.0. The van der Waals surface area contributed by atoms with Crippen LogP contribution in [0.2, 0.25) is 0 Å². The van der Waals surface area contributed by atoms with E-state index in [-0.39, 0.29) is 5.91 Å². The van der Waals surface area contributed by atoms with Gasteiger partial charge in [0.15, 0.2) is 0 Å². The number of benzene rings is 1. The van der Waals surface area contributed by atoms with Gasteiger partial charge in [0.2, 0.25) is 0 Å². The molecule has 18 heavy (non-hydrogen) atoms. The summed E-state index contributed by atoms with van der Waals surface area (Å²) in [5.41, 5.74) is 1.35. The molecule has 1 aromatic rings. The van der Waals surface area contributed by atoms with E-state index < -0.39 is 5.60 Å². The molecule has 1 amide bonds. The number of hydrogen-bond acceptors (Lipinski definition) is 3. The highest BCUT2D eigenvalue weighted by molar-refractivity contribution is 5.97. The van der Waals surface area contributed by atoms with Crippen LogP contribution < -0.4 is 10.6 Å². The van der Waals surface area contributed by atoms with Gasteiger partial charge in [-0.15, -0.1) is 0 Å². The predicted octanol–water partition coefficient (Wildman–Crippen LogP) is 1.91. The van der Waals surface area contributed by atoms with E-state index in [4.69, 9.17) is 4.74 Å². The molecule has 1 aromatic carbocycles. The van der Waals surface area contributed by atoms with Crippen LogP contribution in [0.5, 0.6) is 0 Å². The van der Waals surface area contributed by atoms with Crippen LogP contribution in [0.4, 0.5) is 5.69 Å². The highest BCUT2D eigenvalue weighted by atomic mass is 16.5. The fourth-order valence-corrected chi connectivity index (χ4v) is 2.13. The van der Waals surface area contributed by atoms with Crippen LogP contribution in [-0.2, 0) is 16.1 Å². The summed E-state index contributed by atoms with van der Waals surface area (Å²) in [6, 6.07) is 7.85. The van der Waals surface area contributed by atoms with Crippen molar-refractivity contribution < 1.29 is 9.53 Å². The van der Waals surface area contributed by atoms with E-state index in [9.17, 15) is 4.79 Å². The van der Waals surface area contributed by atoms with E-state index >= 15 is 0 Å². The Morgan fingerprint density at radius 1 is 1.39 bits per heavy atom. The van der Waals surface area contributed by atoms with Crippen LogP contribution in [0.1, 0.15) is 25.3 Å². The molecule has 0 bridgehead atoms. The van der Waals surface area contributed by atoms with Gasteiger partial charge in [0.25, 0.3) is 5.91 Å².